The van der Waals surface area contributed by atoms with Crippen LogP contribution in [0.25, 0.3) is 0 Å². The lowest BCUT2D eigenvalue weighted by molar-refractivity contribution is 0.397. The van der Waals surface area contributed by atoms with E-state index in [1.807, 2.05) is 18.2 Å². The largest absolute Gasteiger partial charge is 0.481 e. The number of nitrogens with one attached hydrogen (secondary N) is 1. The van der Waals surface area contributed by atoms with E-state index in [1.54, 1.807) is 25.6 Å². The summed E-state index contributed by atoms with van der Waals surface area (Å²) in [6.45, 7) is 0.660. The first-order chi connectivity index (χ1) is 8.28. The molecule has 2 rings (SSSR count). The van der Waals surface area contributed by atoms with Crippen LogP contribution in [0.5, 0.6) is 5.88 Å². The summed E-state index contributed by atoms with van der Waals surface area (Å²) in [7, 11) is 1.60. The van der Waals surface area contributed by atoms with Crippen LogP contribution in [0.3, 0.4) is 0 Å². The maximum Gasteiger partial charge on any atom is 0.213 e. The molecule has 17 heavy (non-hydrogen) atoms. The summed E-state index contributed by atoms with van der Waals surface area (Å²) >= 11 is 5.75. The molecule has 1 N–H and O–H groups in total. The monoisotopic (exact) mass is 249 g/mol. The summed E-state index contributed by atoms with van der Waals surface area (Å²) in [5.74, 6) is 1.39. The minimum atomic E-state index is 0.605. The Morgan fingerprint density at radius 2 is 2.18 bits per heavy atom. The van der Waals surface area contributed by atoms with Gasteiger partial charge in [-0.15, -0.1) is 0 Å². The van der Waals surface area contributed by atoms with E-state index in [4.69, 9.17) is 16.3 Å². The molecule has 2 aromatic heterocycles. The second-order valence-corrected chi connectivity index (χ2v) is 3.86. The number of ether oxygens (including phenoxy) is 1. The molecule has 0 radical (unpaired) electrons. The van der Waals surface area contributed by atoms with Gasteiger partial charge in [-0.25, -0.2) is 9.97 Å². The van der Waals surface area contributed by atoms with Crippen molar-refractivity contribution in [3.8, 4) is 5.88 Å². The molecular weight excluding hydrogens is 238 g/mol. The summed E-state index contributed by atoms with van der Waals surface area (Å²) < 4.78 is 5.05. The number of hydrogen-bond acceptors (Lipinski definition) is 4. The Morgan fingerprint density at radius 1 is 1.29 bits per heavy atom. The van der Waals surface area contributed by atoms with Crippen LogP contribution in [0.1, 0.15) is 5.56 Å². The SMILES string of the molecule is COc1cc(CNc2ccc(Cl)cn2)ccn1. The molecule has 0 amide bonds. The maximum atomic E-state index is 5.75. The lowest BCUT2D eigenvalue weighted by Gasteiger charge is -2.06. The molecule has 0 spiro atoms. The van der Waals surface area contributed by atoms with E-state index in [0.29, 0.717) is 17.4 Å². The molecular formula is C12H12ClN3O. The lowest BCUT2D eigenvalue weighted by atomic mass is 10.2. The zero-order valence-electron chi connectivity index (χ0n) is 9.35. The molecule has 4 nitrogen and oxygen atoms in total. The third kappa shape index (κ3) is 3.32. The van der Waals surface area contributed by atoms with E-state index in [-0.39, 0.29) is 0 Å². The van der Waals surface area contributed by atoms with E-state index in [1.165, 1.54) is 0 Å². The Labute approximate surface area is 105 Å². The molecule has 0 saturated heterocycles. The van der Waals surface area contributed by atoms with Crippen molar-refractivity contribution in [1.29, 1.82) is 0 Å². The Kier molecular flexibility index (Phi) is 3.77. The van der Waals surface area contributed by atoms with Gasteiger partial charge in [0.15, 0.2) is 0 Å². The molecule has 0 aliphatic carbocycles. The molecule has 0 bridgehead atoms. The highest BCUT2D eigenvalue weighted by atomic mass is 35.5. The number of aromatic nitrogens is 2. The van der Waals surface area contributed by atoms with Crippen LogP contribution in [0.2, 0.25) is 5.02 Å². The normalized spacial score (nSPS) is 10.0. The smallest absolute Gasteiger partial charge is 0.213 e. The van der Waals surface area contributed by atoms with Gasteiger partial charge >= 0.3 is 0 Å². The molecule has 0 aliphatic heterocycles. The highest BCUT2D eigenvalue weighted by Crippen LogP contribution is 2.12. The first-order valence-corrected chi connectivity index (χ1v) is 5.50. The number of methoxy groups -OCH3 is 1. The Morgan fingerprint density at radius 3 is 2.88 bits per heavy atom. The van der Waals surface area contributed by atoms with Gasteiger partial charge in [0.05, 0.1) is 12.1 Å². The van der Waals surface area contributed by atoms with Gasteiger partial charge in [-0.05, 0) is 23.8 Å². The van der Waals surface area contributed by atoms with Crippen molar-refractivity contribution in [2.24, 2.45) is 0 Å². The van der Waals surface area contributed by atoms with Crippen molar-refractivity contribution < 1.29 is 4.74 Å². The standard InChI is InChI=1S/C12H12ClN3O/c1-17-12-6-9(4-5-14-12)7-15-11-3-2-10(13)8-16-11/h2-6,8H,7H2,1H3,(H,15,16). The summed E-state index contributed by atoms with van der Waals surface area (Å²) in [6.07, 6.45) is 3.32. The second kappa shape index (κ2) is 5.50. The number of nitrogens with zero attached hydrogens (tertiary/aromatic N) is 2. The first-order valence-electron chi connectivity index (χ1n) is 5.12. The van der Waals surface area contributed by atoms with E-state index in [0.717, 1.165) is 11.4 Å². The zero-order valence-corrected chi connectivity index (χ0v) is 10.1. The Hall–Kier alpha value is -1.81. The minimum absolute atomic E-state index is 0.605. The highest BCUT2D eigenvalue weighted by Gasteiger charge is 1.98. The fraction of sp³-hybridized carbons (Fsp3) is 0.167. The van der Waals surface area contributed by atoms with Gasteiger partial charge in [0.1, 0.15) is 5.82 Å². The fourth-order valence-electron chi connectivity index (χ4n) is 1.35. The molecule has 0 unspecified atom stereocenters. The van der Waals surface area contributed by atoms with Crippen LogP contribution >= 0.6 is 11.6 Å². The molecule has 5 heteroatoms. The van der Waals surface area contributed by atoms with Crippen LogP contribution in [-0.2, 0) is 6.54 Å². The third-order valence-electron chi connectivity index (χ3n) is 2.21. The molecule has 2 heterocycles. The summed E-state index contributed by atoms with van der Waals surface area (Å²) in [4.78, 5) is 8.19. The number of anilines is 1. The van der Waals surface area contributed by atoms with E-state index >= 15 is 0 Å². The lowest BCUT2D eigenvalue weighted by Crippen LogP contribution is -2.01. The third-order valence-corrected chi connectivity index (χ3v) is 2.43. The second-order valence-electron chi connectivity index (χ2n) is 3.42. The summed E-state index contributed by atoms with van der Waals surface area (Å²) in [5, 5.41) is 3.81. The van der Waals surface area contributed by atoms with E-state index in [2.05, 4.69) is 15.3 Å². The average molecular weight is 250 g/mol. The van der Waals surface area contributed by atoms with Crippen LogP contribution in [0, 0.1) is 0 Å². The van der Waals surface area contributed by atoms with Crippen LogP contribution < -0.4 is 10.1 Å². The number of rotatable bonds is 4. The van der Waals surface area contributed by atoms with Crippen LogP contribution in [0.4, 0.5) is 5.82 Å². The van der Waals surface area contributed by atoms with Gasteiger partial charge in [0.2, 0.25) is 5.88 Å². The highest BCUT2D eigenvalue weighted by molar-refractivity contribution is 6.30. The van der Waals surface area contributed by atoms with E-state index in [9.17, 15) is 0 Å². The van der Waals surface area contributed by atoms with Gasteiger partial charge in [0.25, 0.3) is 0 Å². The molecule has 2 aromatic rings. The van der Waals surface area contributed by atoms with Crippen LogP contribution in [0.15, 0.2) is 36.7 Å². The van der Waals surface area contributed by atoms with Crippen molar-refractivity contribution in [3.63, 3.8) is 0 Å². The van der Waals surface area contributed by atoms with Crippen LogP contribution in [-0.4, -0.2) is 17.1 Å². The van der Waals surface area contributed by atoms with Crippen molar-refractivity contribution in [3.05, 3.63) is 47.2 Å². The van der Waals surface area contributed by atoms with Gasteiger partial charge < -0.3 is 10.1 Å². The molecule has 0 fully saturated rings. The van der Waals surface area contributed by atoms with Crippen molar-refractivity contribution in [1.82, 2.24) is 9.97 Å². The predicted molar refractivity (Wildman–Crippen MR) is 67.4 cm³/mol. The molecule has 0 saturated carbocycles. The fourth-order valence-corrected chi connectivity index (χ4v) is 1.46. The number of halogens is 1. The topological polar surface area (TPSA) is 47.0 Å². The summed E-state index contributed by atoms with van der Waals surface area (Å²) in [5.41, 5.74) is 1.08. The molecule has 0 aliphatic rings. The van der Waals surface area contributed by atoms with Gasteiger partial charge in [-0.1, -0.05) is 11.6 Å². The zero-order chi connectivity index (χ0) is 12.1. The quantitative estimate of drug-likeness (QED) is 0.905. The van der Waals surface area contributed by atoms with E-state index < -0.39 is 0 Å². The maximum absolute atomic E-state index is 5.75. The minimum Gasteiger partial charge on any atom is -0.481 e. The van der Waals surface area contributed by atoms with Gasteiger partial charge in [0, 0.05) is 25.0 Å². The molecule has 0 aromatic carbocycles. The van der Waals surface area contributed by atoms with Crippen molar-refractivity contribution >= 4 is 17.4 Å². The first kappa shape index (κ1) is 11.7. The molecule has 88 valence electrons. The Bertz CT molecular complexity index is 487. The number of pyridine rings is 2. The number of hydrogen-bond donors (Lipinski definition) is 1. The van der Waals surface area contributed by atoms with Gasteiger partial charge in [-0.2, -0.15) is 0 Å². The van der Waals surface area contributed by atoms with Gasteiger partial charge in [-0.3, -0.25) is 0 Å². The summed E-state index contributed by atoms with van der Waals surface area (Å²) in [6, 6.07) is 7.43. The Balaban J connectivity index is 1.99. The average Bonchev–Trinajstić information content (AvgIpc) is 2.38. The van der Waals surface area contributed by atoms with Crippen molar-refractivity contribution in [2.75, 3.05) is 12.4 Å². The van der Waals surface area contributed by atoms with Crippen molar-refractivity contribution in [2.45, 2.75) is 6.54 Å². The molecule has 0 atom stereocenters. The predicted octanol–water partition coefficient (Wildman–Crippen LogP) is 2.75.